The summed E-state index contributed by atoms with van der Waals surface area (Å²) in [6.45, 7) is 0. The zero-order chi connectivity index (χ0) is 33.0. The van der Waals surface area contributed by atoms with Gasteiger partial charge in [-0.1, -0.05) is 115 Å². The molecule has 10 rings (SSSR count). The molecule has 8 aromatic carbocycles. The molecule has 0 spiro atoms. The molecule has 0 N–H and O–H groups in total. The average molecular weight is 639 g/mol. The van der Waals surface area contributed by atoms with Gasteiger partial charge >= 0.3 is 0 Å². The molecule has 0 aliphatic carbocycles. The molecular formula is C47H30N2O. The molecule has 0 atom stereocenters. The van der Waals surface area contributed by atoms with Gasteiger partial charge in [-0.15, -0.1) is 0 Å². The van der Waals surface area contributed by atoms with E-state index < -0.39 is 0 Å². The van der Waals surface area contributed by atoms with Crippen LogP contribution in [0.2, 0.25) is 0 Å². The highest BCUT2D eigenvalue weighted by Gasteiger charge is 2.16. The van der Waals surface area contributed by atoms with Crippen LogP contribution in [0.15, 0.2) is 186 Å². The number of aromatic nitrogens is 2. The summed E-state index contributed by atoms with van der Waals surface area (Å²) in [7, 11) is 0. The molecule has 0 saturated carbocycles. The van der Waals surface area contributed by atoms with Gasteiger partial charge in [-0.25, -0.2) is 4.98 Å². The van der Waals surface area contributed by atoms with Crippen LogP contribution in [0.1, 0.15) is 0 Å². The number of hydrogen-bond acceptors (Lipinski definition) is 2. The summed E-state index contributed by atoms with van der Waals surface area (Å²) in [5.41, 5.74) is 13.3. The minimum Gasteiger partial charge on any atom is -0.436 e. The highest BCUT2D eigenvalue weighted by atomic mass is 16.3. The lowest BCUT2D eigenvalue weighted by Gasteiger charge is -2.10. The first-order valence-electron chi connectivity index (χ1n) is 16.9. The minimum atomic E-state index is 0.628. The van der Waals surface area contributed by atoms with E-state index in [-0.39, 0.29) is 0 Å². The normalized spacial score (nSPS) is 11.6. The number of benzene rings is 8. The lowest BCUT2D eigenvalue weighted by molar-refractivity contribution is 0.620. The second kappa shape index (κ2) is 11.5. The van der Waals surface area contributed by atoms with Crippen molar-refractivity contribution < 1.29 is 4.42 Å². The molecule has 0 aliphatic heterocycles. The summed E-state index contributed by atoms with van der Waals surface area (Å²) in [6.07, 6.45) is 0. The number of para-hydroxylation sites is 2. The maximum atomic E-state index is 6.07. The van der Waals surface area contributed by atoms with E-state index in [1.54, 1.807) is 0 Å². The summed E-state index contributed by atoms with van der Waals surface area (Å²) >= 11 is 0. The van der Waals surface area contributed by atoms with Gasteiger partial charge in [-0.2, -0.15) is 0 Å². The van der Waals surface area contributed by atoms with Gasteiger partial charge in [0.2, 0.25) is 5.89 Å². The zero-order valence-electron chi connectivity index (χ0n) is 27.1. The van der Waals surface area contributed by atoms with Crippen LogP contribution in [0.5, 0.6) is 0 Å². The van der Waals surface area contributed by atoms with Crippen molar-refractivity contribution in [2.75, 3.05) is 0 Å². The van der Waals surface area contributed by atoms with Crippen molar-refractivity contribution in [1.82, 2.24) is 9.55 Å². The Morgan fingerprint density at radius 3 is 1.58 bits per heavy atom. The molecule has 2 heterocycles. The second-order valence-electron chi connectivity index (χ2n) is 12.8. The average Bonchev–Trinajstić information content (AvgIpc) is 3.77. The van der Waals surface area contributed by atoms with E-state index in [2.05, 4.69) is 162 Å². The summed E-state index contributed by atoms with van der Waals surface area (Å²) in [6, 6.07) is 64.8. The van der Waals surface area contributed by atoms with Crippen molar-refractivity contribution in [3.05, 3.63) is 182 Å². The van der Waals surface area contributed by atoms with Gasteiger partial charge in [-0.05, 0) is 111 Å². The predicted molar refractivity (Wildman–Crippen MR) is 208 cm³/mol. The zero-order valence-corrected chi connectivity index (χ0v) is 27.1. The van der Waals surface area contributed by atoms with E-state index in [4.69, 9.17) is 9.40 Å². The second-order valence-corrected chi connectivity index (χ2v) is 12.8. The first-order valence-corrected chi connectivity index (χ1v) is 16.9. The molecule has 0 radical (unpaired) electrons. The Labute approximate surface area is 289 Å². The number of rotatable bonds is 5. The smallest absolute Gasteiger partial charge is 0.227 e. The Morgan fingerprint density at radius 2 is 0.900 bits per heavy atom. The Kier molecular flexibility index (Phi) is 6.49. The summed E-state index contributed by atoms with van der Waals surface area (Å²) in [4.78, 5) is 4.71. The van der Waals surface area contributed by atoms with Crippen molar-refractivity contribution in [2.45, 2.75) is 0 Å². The molecule has 10 aromatic rings. The van der Waals surface area contributed by atoms with Crippen LogP contribution in [0.25, 0.3) is 94.2 Å². The Morgan fingerprint density at radius 1 is 0.380 bits per heavy atom. The molecule has 2 aromatic heterocycles. The summed E-state index contributed by atoms with van der Waals surface area (Å²) < 4.78 is 8.43. The van der Waals surface area contributed by atoms with Crippen LogP contribution in [-0.4, -0.2) is 9.55 Å². The molecule has 0 aliphatic rings. The quantitative estimate of drug-likeness (QED) is 0.188. The van der Waals surface area contributed by atoms with Crippen molar-refractivity contribution >= 4 is 43.7 Å². The van der Waals surface area contributed by atoms with Crippen LogP contribution in [-0.2, 0) is 0 Å². The predicted octanol–water partition coefficient (Wildman–Crippen LogP) is 12.7. The third kappa shape index (κ3) is 4.79. The van der Waals surface area contributed by atoms with Gasteiger partial charge < -0.3 is 8.98 Å². The van der Waals surface area contributed by atoms with Gasteiger partial charge in [0.05, 0.1) is 11.0 Å². The molecule has 50 heavy (non-hydrogen) atoms. The van der Waals surface area contributed by atoms with Gasteiger partial charge in [0.15, 0.2) is 5.58 Å². The molecule has 3 nitrogen and oxygen atoms in total. The maximum Gasteiger partial charge on any atom is 0.227 e. The van der Waals surface area contributed by atoms with Crippen LogP contribution in [0, 0.1) is 0 Å². The monoisotopic (exact) mass is 638 g/mol. The van der Waals surface area contributed by atoms with Crippen LogP contribution in [0.4, 0.5) is 0 Å². The molecule has 3 heteroatoms. The molecule has 0 unspecified atom stereocenters. The van der Waals surface area contributed by atoms with E-state index in [9.17, 15) is 0 Å². The van der Waals surface area contributed by atoms with Crippen molar-refractivity contribution in [3.8, 4) is 50.5 Å². The third-order valence-electron chi connectivity index (χ3n) is 9.84. The molecule has 0 fully saturated rings. The number of fused-ring (bicyclic) bond motifs is 5. The molecule has 234 valence electrons. The number of oxazole rings is 1. The van der Waals surface area contributed by atoms with Crippen LogP contribution in [0.3, 0.4) is 0 Å². The fraction of sp³-hybridized carbons (Fsp3) is 0. The standard InChI is InChI=1S/C47H30N2O/c1-2-8-31(9-3-1)38-22-26-44-41(29-38)42-30-39(34-16-14-33(15-17-34)37-19-18-32-10-4-5-11-36(32)28-37)23-27-45(42)49(44)40-24-20-35(21-25-40)47-48-43-12-6-7-13-46(43)50-47/h1-30H. The van der Waals surface area contributed by atoms with E-state index in [1.807, 2.05) is 24.3 Å². The van der Waals surface area contributed by atoms with Crippen LogP contribution >= 0.6 is 0 Å². The molecular weight excluding hydrogens is 609 g/mol. The fourth-order valence-electron chi connectivity index (χ4n) is 7.26. The Balaban J connectivity index is 1.08. The first kappa shape index (κ1) is 28.3. The van der Waals surface area contributed by atoms with Crippen molar-refractivity contribution in [3.63, 3.8) is 0 Å². The fourth-order valence-corrected chi connectivity index (χ4v) is 7.26. The Bertz CT molecular complexity index is 2810. The van der Waals surface area contributed by atoms with E-state index in [0.717, 1.165) is 33.4 Å². The largest absolute Gasteiger partial charge is 0.436 e. The SMILES string of the molecule is c1ccc(-c2ccc3c(c2)c2cc(-c4ccc(-c5ccc6ccccc6c5)cc4)ccc2n3-c2ccc(-c3nc4ccccc4o3)cc2)cc1. The molecule has 0 saturated heterocycles. The Hall–Kier alpha value is -6.71. The third-order valence-corrected chi connectivity index (χ3v) is 9.84. The van der Waals surface area contributed by atoms with Gasteiger partial charge in [0.1, 0.15) is 5.52 Å². The topological polar surface area (TPSA) is 31.0 Å². The number of hydrogen-bond donors (Lipinski definition) is 0. The summed E-state index contributed by atoms with van der Waals surface area (Å²) in [5.74, 6) is 0.628. The lowest BCUT2D eigenvalue weighted by Crippen LogP contribution is -1.94. The van der Waals surface area contributed by atoms with Gasteiger partial charge in [0.25, 0.3) is 0 Å². The molecule has 0 bridgehead atoms. The highest BCUT2D eigenvalue weighted by molar-refractivity contribution is 6.11. The van der Waals surface area contributed by atoms with Crippen molar-refractivity contribution in [2.24, 2.45) is 0 Å². The number of nitrogens with zero attached hydrogens (tertiary/aromatic N) is 2. The minimum absolute atomic E-state index is 0.628. The van der Waals surface area contributed by atoms with E-state index in [0.29, 0.717) is 5.89 Å². The maximum absolute atomic E-state index is 6.07. The van der Waals surface area contributed by atoms with Crippen molar-refractivity contribution in [1.29, 1.82) is 0 Å². The lowest BCUT2D eigenvalue weighted by atomic mass is 9.97. The summed E-state index contributed by atoms with van der Waals surface area (Å²) in [5, 5.41) is 4.96. The van der Waals surface area contributed by atoms with Gasteiger partial charge in [-0.3, -0.25) is 0 Å². The van der Waals surface area contributed by atoms with E-state index >= 15 is 0 Å². The van der Waals surface area contributed by atoms with E-state index in [1.165, 1.54) is 54.9 Å². The van der Waals surface area contributed by atoms with Crippen LogP contribution < -0.4 is 0 Å². The first-order chi connectivity index (χ1) is 24.7. The molecule has 0 amide bonds. The van der Waals surface area contributed by atoms with Gasteiger partial charge in [0, 0.05) is 22.0 Å². The highest BCUT2D eigenvalue weighted by Crippen LogP contribution is 2.38.